The first-order valence-electron chi connectivity index (χ1n) is 7.08. The molecule has 0 aromatic heterocycles. The third-order valence-electron chi connectivity index (χ3n) is 4.41. The fraction of sp³-hybridized carbons (Fsp3) is 0.600. The lowest BCUT2D eigenvalue weighted by Crippen LogP contribution is -2.38. The zero-order valence-corrected chi connectivity index (χ0v) is 11.0. The van der Waals surface area contributed by atoms with Gasteiger partial charge in [-0.1, -0.05) is 24.3 Å². The van der Waals surface area contributed by atoms with Gasteiger partial charge in [-0.15, -0.1) is 0 Å². The molecule has 4 heteroatoms. The molecule has 0 radical (unpaired) electrons. The van der Waals surface area contributed by atoms with Gasteiger partial charge in [-0.25, -0.2) is 8.78 Å². The van der Waals surface area contributed by atoms with E-state index in [9.17, 15) is 8.78 Å². The zero-order valence-electron chi connectivity index (χ0n) is 11.0. The van der Waals surface area contributed by atoms with Crippen molar-refractivity contribution in [2.45, 2.75) is 44.3 Å². The van der Waals surface area contributed by atoms with Crippen molar-refractivity contribution < 1.29 is 8.78 Å². The second kappa shape index (κ2) is 5.55. The van der Waals surface area contributed by atoms with Crippen molar-refractivity contribution in [2.75, 3.05) is 13.1 Å². The summed E-state index contributed by atoms with van der Waals surface area (Å²) in [5, 5.41) is 3.59. The molecule has 2 saturated heterocycles. The number of fused-ring (bicyclic) bond motifs is 1. The molecule has 0 spiro atoms. The molecule has 19 heavy (non-hydrogen) atoms. The Morgan fingerprint density at radius 2 is 1.95 bits per heavy atom. The average molecular weight is 266 g/mol. The number of rotatable bonds is 4. The van der Waals surface area contributed by atoms with E-state index >= 15 is 0 Å². The normalized spacial score (nSPS) is 27.1. The number of alkyl halides is 2. The van der Waals surface area contributed by atoms with Crippen LogP contribution in [0.25, 0.3) is 0 Å². The molecule has 0 bridgehead atoms. The first-order valence-corrected chi connectivity index (χ1v) is 7.08. The van der Waals surface area contributed by atoms with Gasteiger partial charge < -0.3 is 5.32 Å². The molecule has 2 atom stereocenters. The molecule has 2 aliphatic heterocycles. The molecule has 0 saturated carbocycles. The van der Waals surface area contributed by atoms with E-state index in [4.69, 9.17) is 0 Å². The van der Waals surface area contributed by atoms with Crippen LogP contribution in [0.4, 0.5) is 8.78 Å². The van der Waals surface area contributed by atoms with Gasteiger partial charge in [0.2, 0.25) is 0 Å². The molecule has 2 aliphatic rings. The van der Waals surface area contributed by atoms with Crippen LogP contribution >= 0.6 is 0 Å². The fourth-order valence-electron chi connectivity index (χ4n) is 3.35. The smallest absolute Gasteiger partial charge is 0.263 e. The van der Waals surface area contributed by atoms with Crippen LogP contribution in [0.2, 0.25) is 0 Å². The molecular weight excluding hydrogens is 246 g/mol. The maximum Gasteiger partial charge on any atom is 0.263 e. The number of nitrogens with zero attached hydrogens (tertiary/aromatic N) is 1. The summed E-state index contributed by atoms with van der Waals surface area (Å²) in [6.07, 6.45) is 1.44. The third kappa shape index (κ3) is 2.79. The minimum Gasteiger partial charge on any atom is -0.308 e. The predicted octanol–water partition coefficient (Wildman–Crippen LogP) is 2.95. The van der Waals surface area contributed by atoms with Crippen LogP contribution in [-0.4, -0.2) is 30.1 Å². The summed E-state index contributed by atoms with van der Waals surface area (Å²) in [4.78, 5) is 2.57. The van der Waals surface area contributed by atoms with Crippen LogP contribution in [-0.2, 0) is 6.54 Å². The van der Waals surface area contributed by atoms with E-state index in [1.807, 2.05) is 0 Å². The van der Waals surface area contributed by atoms with Crippen molar-refractivity contribution >= 4 is 0 Å². The number of nitrogens with one attached hydrogen (secondary N) is 1. The van der Waals surface area contributed by atoms with Crippen LogP contribution in [0.15, 0.2) is 24.3 Å². The van der Waals surface area contributed by atoms with Crippen LogP contribution in [0.1, 0.15) is 36.8 Å². The van der Waals surface area contributed by atoms with Crippen molar-refractivity contribution in [2.24, 2.45) is 0 Å². The van der Waals surface area contributed by atoms with Gasteiger partial charge in [0.1, 0.15) is 0 Å². The van der Waals surface area contributed by atoms with E-state index in [2.05, 4.69) is 10.2 Å². The first kappa shape index (κ1) is 13.0. The summed E-state index contributed by atoms with van der Waals surface area (Å²) in [6, 6.07) is 7.92. The molecule has 2 unspecified atom stereocenters. The monoisotopic (exact) mass is 266 g/mol. The average Bonchev–Trinajstić information content (AvgIpc) is 3.00. The van der Waals surface area contributed by atoms with E-state index in [0.29, 0.717) is 12.1 Å². The number of hydrogen-bond donors (Lipinski definition) is 1. The predicted molar refractivity (Wildman–Crippen MR) is 71.2 cm³/mol. The Kier molecular flexibility index (Phi) is 3.80. The lowest BCUT2D eigenvalue weighted by Gasteiger charge is -2.21. The van der Waals surface area contributed by atoms with E-state index in [1.165, 1.54) is 44.5 Å². The van der Waals surface area contributed by atoms with Gasteiger partial charge in [-0.05, 0) is 31.4 Å². The van der Waals surface area contributed by atoms with Crippen molar-refractivity contribution in [3.8, 4) is 0 Å². The molecular formula is C15H20F2N2. The number of hydrogen-bond acceptors (Lipinski definition) is 2. The minimum absolute atomic E-state index is 0.103. The van der Waals surface area contributed by atoms with Gasteiger partial charge in [0.15, 0.2) is 0 Å². The molecule has 3 rings (SSSR count). The lowest BCUT2D eigenvalue weighted by molar-refractivity contribution is 0.151. The number of benzene rings is 1. The minimum atomic E-state index is -2.37. The molecule has 104 valence electrons. The Hall–Kier alpha value is -1.00. The van der Waals surface area contributed by atoms with E-state index < -0.39 is 6.43 Å². The lowest BCUT2D eigenvalue weighted by atomic mass is 10.1. The maximum atomic E-state index is 12.5. The van der Waals surface area contributed by atoms with E-state index in [0.717, 1.165) is 12.1 Å². The highest BCUT2D eigenvalue weighted by Gasteiger charge is 2.36. The SMILES string of the molecule is FC(F)c1ccc(CNC2CCN3CCCC23)cc1. The Morgan fingerprint density at radius 1 is 1.16 bits per heavy atom. The Morgan fingerprint density at radius 3 is 2.68 bits per heavy atom. The highest BCUT2D eigenvalue weighted by atomic mass is 19.3. The molecule has 0 amide bonds. The van der Waals surface area contributed by atoms with Gasteiger partial charge in [0.25, 0.3) is 6.43 Å². The van der Waals surface area contributed by atoms with Gasteiger partial charge >= 0.3 is 0 Å². The molecule has 1 N–H and O–H groups in total. The van der Waals surface area contributed by atoms with Gasteiger partial charge in [0.05, 0.1) is 0 Å². The molecule has 2 heterocycles. The van der Waals surface area contributed by atoms with E-state index in [-0.39, 0.29) is 5.56 Å². The fourth-order valence-corrected chi connectivity index (χ4v) is 3.35. The molecule has 1 aromatic carbocycles. The van der Waals surface area contributed by atoms with Gasteiger partial charge in [0, 0.05) is 30.7 Å². The second-order valence-electron chi connectivity index (χ2n) is 5.56. The Labute approximate surface area is 112 Å². The first-order chi connectivity index (χ1) is 9.24. The summed E-state index contributed by atoms with van der Waals surface area (Å²) in [5.74, 6) is 0. The Bertz CT molecular complexity index is 419. The summed E-state index contributed by atoms with van der Waals surface area (Å²) < 4.78 is 24.9. The maximum absolute atomic E-state index is 12.5. The Balaban J connectivity index is 1.54. The number of halogens is 2. The highest BCUT2D eigenvalue weighted by Crippen LogP contribution is 2.28. The van der Waals surface area contributed by atoms with Crippen molar-refractivity contribution in [3.63, 3.8) is 0 Å². The molecule has 2 nitrogen and oxygen atoms in total. The highest BCUT2D eigenvalue weighted by molar-refractivity contribution is 5.23. The van der Waals surface area contributed by atoms with Crippen LogP contribution in [0.3, 0.4) is 0 Å². The van der Waals surface area contributed by atoms with Crippen molar-refractivity contribution in [1.29, 1.82) is 0 Å². The topological polar surface area (TPSA) is 15.3 Å². The van der Waals surface area contributed by atoms with Crippen molar-refractivity contribution in [3.05, 3.63) is 35.4 Å². The molecule has 0 aliphatic carbocycles. The van der Waals surface area contributed by atoms with Crippen LogP contribution < -0.4 is 5.32 Å². The second-order valence-corrected chi connectivity index (χ2v) is 5.56. The van der Waals surface area contributed by atoms with Crippen molar-refractivity contribution in [1.82, 2.24) is 10.2 Å². The van der Waals surface area contributed by atoms with E-state index in [1.54, 1.807) is 12.1 Å². The third-order valence-corrected chi connectivity index (χ3v) is 4.41. The van der Waals surface area contributed by atoms with Crippen LogP contribution in [0.5, 0.6) is 0 Å². The van der Waals surface area contributed by atoms with Gasteiger partial charge in [-0.2, -0.15) is 0 Å². The summed E-state index contributed by atoms with van der Waals surface area (Å²) in [7, 11) is 0. The van der Waals surface area contributed by atoms with Crippen LogP contribution in [0, 0.1) is 0 Å². The standard InChI is InChI=1S/C15H20F2N2/c16-15(17)12-5-3-11(4-6-12)10-18-13-7-9-19-8-1-2-14(13)19/h3-6,13-15,18H,1-2,7-10H2. The zero-order chi connectivity index (χ0) is 13.2. The van der Waals surface area contributed by atoms with Gasteiger partial charge in [-0.3, -0.25) is 4.90 Å². The molecule has 2 fully saturated rings. The molecule has 1 aromatic rings. The quantitative estimate of drug-likeness (QED) is 0.901. The summed E-state index contributed by atoms with van der Waals surface area (Å²) in [6.45, 7) is 3.22. The summed E-state index contributed by atoms with van der Waals surface area (Å²) in [5.41, 5.74) is 1.19. The largest absolute Gasteiger partial charge is 0.308 e. The summed E-state index contributed by atoms with van der Waals surface area (Å²) >= 11 is 0.